The molecule has 180 valence electrons. The molecule has 2 aliphatic rings. The molecule has 0 radical (unpaired) electrons. The highest BCUT2D eigenvalue weighted by Gasteiger charge is 2.32. The van der Waals surface area contributed by atoms with Crippen LogP contribution in [0, 0.1) is 0 Å². The van der Waals surface area contributed by atoms with Gasteiger partial charge >= 0.3 is 0 Å². The molecule has 1 aromatic heterocycles. The first-order valence-corrected chi connectivity index (χ1v) is 14.2. The quantitative estimate of drug-likeness (QED) is 0.336. The van der Waals surface area contributed by atoms with E-state index in [2.05, 4.69) is 66.9 Å². The Hall–Kier alpha value is -3.35. The molecule has 0 spiro atoms. The lowest BCUT2D eigenvalue weighted by molar-refractivity contribution is 0.340. The van der Waals surface area contributed by atoms with Crippen LogP contribution in [0.1, 0.15) is 41.6 Å². The predicted molar refractivity (Wildman–Crippen MR) is 149 cm³/mol. The normalized spacial score (nSPS) is 16.7. The maximum Gasteiger partial charge on any atom is 0.271 e. The number of fused-ring (bicyclic) bond motifs is 3. The molecule has 0 bridgehead atoms. The van der Waals surface area contributed by atoms with E-state index >= 15 is 0 Å². The molecule has 6 heteroatoms. The summed E-state index contributed by atoms with van der Waals surface area (Å²) in [4.78, 5) is 20.9. The van der Waals surface area contributed by atoms with Gasteiger partial charge in [0.15, 0.2) is 4.80 Å². The number of hydrogen-bond acceptors (Lipinski definition) is 5. The number of thiazole rings is 1. The van der Waals surface area contributed by atoms with E-state index in [4.69, 9.17) is 9.73 Å². The third-order valence-corrected chi connectivity index (χ3v) is 8.52. The SMILES string of the molecule is CCOc1ccc(C2C3=C(N=c4sc(=Cc5ccc(SC)cc5)c(=O)n42)c2ccccc2CC3)cc1. The van der Waals surface area contributed by atoms with Gasteiger partial charge in [0.1, 0.15) is 5.75 Å². The number of allylic oxidation sites excluding steroid dienone is 1. The number of nitrogens with zero attached hydrogens (tertiary/aromatic N) is 2. The van der Waals surface area contributed by atoms with Crippen molar-refractivity contribution in [2.75, 3.05) is 12.9 Å². The van der Waals surface area contributed by atoms with Gasteiger partial charge in [-0.3, -0.25) is 9.36 Å². The fourth-order valence-electron chi connectivity index (χ4n) is 5.09. The van der Waals surface area contributed by atoms with Crippen molar-refractivity contribution >= 4 is 34.9 Å². The standard InChI is InChI=1S/C30H26N2O2S2/c1-3-34-22-13-10-21(11-14-22)28-25-17-12-20-6-4-5-7-24(20)27(25)31-30-32(28)29(33)26(36-30)18-19-8-15-23(35-2)16-9-19/h4-11,13-16,18,28H,3,12,17H2,1-2H3. The molecule has 0 amide bonds. The van der Waals surface area contributed by atoms with Crippen LogP contribution >= 0.6 is 23.1 Å². The number of benzene rings is 3. The number of thioether (sulfide) groups is 1. The maximum atomic E-state index is 13.8. The van der Waals surface area contributed by atoms with Gasteiger partial charge < -0.3 is 4.74 Å². The number of aromatic nitrogens is 1. The summed E-state index contributed by atoms with van der Waals surface area (Å²) in [6, 6.07) is 24.8. The largest absolute Gasteiger partial charge is 0.494 e. The van der Waals surface area contributed by atoms with Crippen molar-refractivity contribution in [3.05, 3.63) is 120 Å². The topological polar surface area (TPSA) is 43.6 Å². The molecule has 3 aromatic carbocycles. The number of hydrogen-bond donors (Lipinski definition) is 0. The number of aryl methyl sites for hydroxylation is 1. The minimum atomic E-state index is -0.179. The molecular weight excluding hydrogens is 484 g/mol. The third kappa shape index (κ3) is 4.04. The van der Waals surface area contributed by atoms with Crippen molar-refractivity contribution in [1.29, 1.82) is 0 Å². The van der Waals surface area contributed by atoms with Gasteiger partial charge in [0.05, 0.1) is 22.9 Å². The van der Waals surface area contributed by atoms with Gasteiger partial charge in [-0.25, -0.2) is 4.99 Å². The van der Waals surface area contributed by atoms with Gasteiger partial charge in [0.2, 0.25) is 0 Å². The highest BCUT2D eigenvalue weighted by Crippen LogP contribution is 2.41. The lowest BCUT2D eigenvalue weighted by Gasteiger charge is -2.30. The Morgan fingerprint density at radius 1 is 1.06 bits per heavy atom. The van der Waals surface area contributed by atoms with E-state index in [1.807, 2.05) is 29.7 Å². The van der Waals surface area contributed by atoms with Crippen LogP contribution in [-0.2, 0) is 6.42 Å². The summed E-state index contributed by atoms with van der Waals surface area (Å²) in [5.41, 5.74) is 6.84. The van der Waals surface area contributed by atoms with Crippen molar-refractivity contribution in [3.63, 3.8) is 0 Å². The van der Waals surface area contributed by atoms with Crippen LogP contribution in [0.2, 0.25) is 0 Å². The molecule has 1 aliphatic carbocycles. The van der Waals surface area contributed by atoms with Gasteiger partial charge in [0.25, 0.3) is 5.56 Å². The second kappa shape index (κ2) is 9.60. The minimum absolute atomic E-state index is 0.0111. The van der Waals surface area contributed by atoms with Crippen LogP contribution in [0.3, 0.4) is 0 Å². The molecule has 4 nitrogen and oxygen atoms in total. The summed E-state index contributed by atoms with van der Waals surface area (Å²) in [6.07, 6.45) is 5.88. The smallest absolute Gasteiger partial charge is 0.271 e. The van der Waals surface area contributed by atoms with E-state index in [1.54, 1.807) is 11.8 Å². The zero-order valence-electron chi connectivity index (χ0n) is 20.2. The minimum Gasteiger partial charge on any atom is -0.494 e. The molecule has 1 aliphatic heterocycles. The maximum absolute atomic E-state index is 13.8. The van der Waals surface area contributed by atoms with Crippen molar-refractivity contribution in [2.45, 2.75) is 30.7 Å². The van der Waals surface area contributed by atoms with Crippen molar-refractivity contribution in [2.24, 2.45) is 4.99 Å². The molecule has 36 heavy (non-hydrogen) atoms. The predicted octanol–water partition coefficient (Wildman–Crippen LogP) is 5.44. The Balaban J connectivity index is 1.55. The zero-order chi connectivity index (χ0) is 24.6. The van der Waals surface area contributed by atoms with Gasteiger partial charge in [-0.15, -0.1) is 11.8 Å². The van der Waals surface area contributed by atoms with Crippen molar-refractivity contribution in [1.82, 2.24) is 4.57 Å². The highest BCUT2D eigenvalue weighted by molar-refractivity contribution is 7.98. The molecule has 6 rings (SSSR count). The van der Waals surface area contributed by atoms with Crippen LogP contribution in [0.5, 0.6) is 5.75 Å². The fraction of sp³-hybridized carbons (Fsp3) is 0.200. The van der Waals surface area contributed by atoms with Crippen molar-refractivity contribution in [3.8, 4) is 5.75 Å². The third-order valence-electron chi connectivity index (χ3n) is 6.79. The van der Waals surface area contributed by atoms with Crippen LogP contribution < -0.4 is 19.6 Å². The van der Waals surface area contributed by atoms with E-state index in [-0.39, 0.29) is 11.6 Å². The highest BCUT2D eigenvalue weighted by atomic mass is 32.2. The molecule has 1 unspecified atom stereocenters. The first-order valence-electron chi connectivity index (χ1n) is 12.2. The summed E-state index contributed by atoms with van der Waals surface area (Å²) in [5, 5.41) is 0. The molecule has 1 atom stereocenters. The molecule has 4 aromatic rings. The first kappa shape index (κ1) is 23.1. The Morgan fingerprint density at radius 3 is 2.58 bits per heavy atom. The van der Waals surface area contributed by atoms with E-state index in [0.717, 1.165) is 40.2 Å². The monoisotopic (exact) mass is 510 g/mol. The zero-order valence-corrected chi connectivity index (χ0v) is 21.9. The van der Waals surface area contributed by atoms with Gasteiger partial charge in [0, 0.05) is 10.5 Å². The lowest BCUT2D eigenvalue weighted by atomic mass is 9.83. The van der Waals surface area contributed by atoms with E-state index in [0.29, 0.717) is 11.1 Å². The Kier molecular flexibility index (Phi) is 6.15. The summed E-state index contributed by atoms with van der Waals surface area (Å²) in [6.45, 7) is 2.61. The molecular formula is C30H26N2O2S2. The van der Waals surface area contributed by atoms with E-state index < -0.39 is 0 Å². The second-order valence-electron chi connectivity index (χ2n) is 8.89. The van der Waals surface area contributed by atoms with E-state index in [9.17, 15) is 4.79 Å². The molecule has 0 saturated carbocycles. The van der Waals surface area contributed by atoms with Gasteiger partial charge in [-0.2, -0.15) is 0 Å². The fourth-order valence-corrected chi connectivity index (χ4v) is 6.50. The molecule has 0 saturated heterocycles. The second-order valence-corrected chi connectivity index (χ2v) is 10.8. The van der Waals surface area contributed by atoms with Crippen LogP contribution in [-0.4, -0.2) is 17.4 Å². The molecule has 0 fully saturated rings. The summed E-state index contributed by atoms with van der Waals surface area (Å²) in [5.74, 6) is 0.838. The Morgan fingerprint density at radius 2 is 1.83 bits per heavy atom. The Labute approximate surface area is 218 Å². The first-order chi connectivity index (χ1) is 17.7. The molecule has 2 heterocycles. The average molecular weight is 511 g/mol. The van der Waals surface area contributed by atoms with Crippen LogP contribution in [0.25, 0.3) is 11.8 Å². The average Bonchev–Trinajstić information content (AvgIpc) is 3.23. The molecule has 0 N–H and O–H groups in total. The van der Waals surface area contributed by atoms with E-state index in [1.165, 1.54) is 32.9 Å². The summed E-state index contributed by atoms with van der Waals surface area (Å²) >= 11 is 3.18. The number of ether oxygens (including phenoxy) is 1. The van der Waals surface area contributed by atoms with Gasteiger partial charge in [-0.1, -0.05) is 59.9 Å². The summed E-state index contributed by atoms with van der Waals surface area (Å²) in [7, 11) is 0. The number of rotatable bonds is 5. The van der Waals surface area contributed by atoms with Crippen LogP contribution in [0.15, 0.2) is 93.1 Å². The summed E-state index contributed by atoms with van der Waals surface area (Å²) < 4.78 is 8.28. The Bertz CT molecular complexity index is 1650. The van der Waals surface area contributed by atoms with Crippen LogP contribution in [0.4, 0.5) is 0 Å². The lowest BCUT2D eigenvalue weighted by Crippen LogP contribution is -2.38. The van der Waals surface area contributed by atoms with Crippen molar-refractivity contribution < 1.29 is 4.74 Å². The van der Waals surface area contributed by atoms with Gasteiger partial charge in [-0.05, 0) is 78.6 Å².